The number of para-hydroxylation sites is 1. The molecule has 0 spiro atoms. The van der Waals surface area contributed by atoms with Gasteiger partial charge in [-0.25, -0.2) is 0 Å². The third-order valence-corrected chi connectivity index (χ3v) is 5.14. The number of rotatable bonds is 0. The van der Waals surface area contributed by atoms with Gasteiger partial charge in [-0.05, 0) is 42.0 Å². The van der Waals surface area contributed by atoms with Crippen LogP contribution in [-0.4, -0.2) is 4.57 Å². The largest absolute Gasteiger partial charge is 0.320 e. The highest BCUT2D eigenvalue weighted by Gasteiger charge is 2.49. The molecule has 1 aromatic carbocycles. The van der Waals surface area contributed by atoms with E-state index in [1.807, 2.05) is 0 Å². The molecule has 4 unspecified atom stereocenters. The Bertz CT molecular complexity index is 664. The molecule has 1 heteroatoms. The van der Waals surface area contributed by atoms with Gasteiger partial charge in [0.25, 0.3) is 0 Å². The minimum Gasteiger partial charge on any atom is -0.320 e. The maximum atomic E-state index is 2.46. The lowest BCUT2D eigenvalue weighted by Crippen LogP contribution is -2.24. The van der Waals surface area contributed by atoms with Gasteiger partial charge in [0.1, 0.15) is 0 Å². The van der Waals surface area contributed by atoms with Crippen molar-refractivity contribution < 1.29 is 0 Å². The van der Waals surface area contributed by atoms with Crippen molar-refractivity contribution in [1.82, 2.24) is 4.57 Å². The molecule has 1 fully saturated rings. The van der Waals surface area contributed by atoms with Crippen LogP contribution in [0.25, 0.3) is 5.69 Å². The van der Waals surface area contributed by atoms with Gasteiger partial charge in [0.05, 0.1) is 0 Å². The average Bonchev–Trinajstić information content (AvgIpc) is 3.13. The molecule has 0 radical (unpaired) electrons. The van der Waals surface area contributed by atoms with E-state index in [0.717, 1.165) is 17.8 Å². The predicted octanol–water partition coefficient (Wildman–Crippen LogP) is 3.86. The van der Waals surface area contributed by atoms with Crippen LogP contribution in [0.1, 0.15) is 29.5 Å². The summed E-state index contributed by atoms with van der Waals surface area (Å²) in [6, 6.07) is 13.5. The van der Waals surface area contributed by atoms with Crippen LogP contribution in [-0.2, 0) is 0 Å². The summed E-state index contributed by atoms with van der Waals surface area (Å²) in [5, 5.41) is 0. The van der Waals surface area contributed by atoms with Gasteiger partial charge in [-0.2, -0.15) is 0 Å². The van der Waals surface area contributed by atoms with Crippen LogP contribution in [0.2, 0.25) is 0 Å². The summed E-state index contributed by atoms with van der Waals surface area (Å²) in [4.78, 5) is 0. The first-order valence-corrected chi connectivity index (χ1v) is 6.88. The maximum Gasteiger partial charge on any atom is 0.0487 e. The molecule has 0 saturated heterocycles. The average molecular weight is 233 g/mol. The molecule has 1 aromatic heterocycles. The Hall–Kier alpha value is -1.76. The van der Waals surface area contributed by atoms with Crippen LogP contribution in [0.4, 0.5) is 0 Å². The Labute approximate surface area is 107 Å². The summed E-state index contributed by atoms with van der Waals surface area (Å²) in [5.41, 5.74) is 4.48. The van der Waals surface area contributed by atoms with Crippen molar-refractivity contribution in [2.24, 2.45) is 11.8 Å². The zero-order chi connectivity index (χ0) is 11.7. The molecule has 2 heterocycles. The third kappa shape index (κ3) is 0.915. The molecule has 0 amide bonds. The van der Waals surface area contributed by atoms with Crippen molar-refractivity contribution in [3.8, 4) is 5.69 Å². The summed E-state index contributed by atoms with van der Waals surface area (Å²) in [6.45, 7) is 0. The van der Waals surface area contributed by atoms with Crippen molar-refractivity contribution in [3.63, 3.8) is 0 Å². The highest BCUT2D eigenvalue weighted by Crippen LogP contribution is 2.60. The standard InChI is InChI=1S/C17H15N/c1-2-5-14-13(4-1)16-11-7-8-12(10-11)17(16)15-6-3-9-18(14)15/h1-9,11-12,16-17H,10H2. The molecule has 4 atom stereocenters. The van der Waals surface area contributed by atoms with Crippen molar-refractivity contribution in [1.29, 1.82) is 0 Å². The second-order valence-corrected chi connectivity index (χ2v) is 5.86. The highest BCUT2D eigenvalue weighted by atomic mass is 15.0. The van der Waals surface area contributed by atoms with Gasteiger partial charge in [-0.1, -0.05) is 30.4 Å². The number of hydrogen-bond donors (Lipinski definition) is 0. The fraction of sp³-hybridized carbons (Fsp3) is 0.294. The quantitative estimate of drug-likeness (QED) is 0.609. The van der Waals surface area contributed by atoms with E-state index in [0.29, 0.717) is 5.92 Å². The zero-order valence-corrected chi connectivity index (χ0v) is 10.2. The van der Waals surface area contributed by atoms with Crippen molar-refractivity contribution in [3.05, 3.63) is 66.0 Å². The lowest BCUT2D eigenvalue weighted by Gasteiger charge is -2.35. The second-order valence-electron chi connectivity index (χ2n) is 5.86. The second kappa shape index (κ2) is 2.97. The first-order valence-electron chi connectivity index (χ1n) is 6.88. The molecule has 1 saturated carbocycles. The molecule has 1 aliphatic heterocycles. The van der Waals surface area contributed by atoms with E-state index in [-0.39, 0.29) is 0 Å². The summed E-state index contributed by atoms with van der Waals surface area (Å²) < 4.78 is 2.41. The van der Waals surface area contributed by atoms with E-state index in [1.54, 1.807) is 5.56 Å². The molecule has 2 aliphatic carbocycles. The fourth-order valence-electron chi connectivity index (χ4n) is 4.52. The topological polar surface area (TPSA) is 4.93 Å². The Morgan fingerprint density at radius 3 is 2.67 bits per heavy atom. The number of allylic oxidation sites excluding steroid dienone is 2. The molecule has 18 heavy (non-hydrogen) atoms. The summed E-state index contributed by atoms with van der Waals surface area (Å²) in [7, 11) is 0. The van der Waals surface area contributed by atoms with E-state index in [1.165, 1.54) is 17.8 Å². The van der Waals surface area contributed by atoms with Crippen LogP contribution in [0.5, 0.6) is 0 Å². The van der Waals surface area contributed by atoms with Crippen LogP contribution >= 0.6 is 0 Å². The molecule has 1 nitrogen and oxygen atoms in total. The lowest BCUT2D eigenvalue weighted by molar-refractivity contribution is 0.474. The fourth-order valence-corrected chi connectivity index (χ4v) is 4.52. The van der Waals surface area contributed by atoms with Crippen molar-refractivity contribution in [2.45, 2.75) is 18.3 Å². The Balaban J connectivity index is 1.86. The smallest absolute Gasteiger partial charge is 0.0487 e. The molecule has 0 N–H and O–H groups in total. The van der Waals surface area contributed by atoms with E-state index < -0.39 is 0 Å². The molecule has 2 aromatic rings. The Morgan fingerprint density at radius 1 is 0.889 bits per heavy atom. The summed E-state index contributed by atoms with van der Waals surface area (Å²) >= 11 is 0. The van der Waals surface area contributed by atoms with Gasteiger partial charge in [0, 0.05) is 29.4 Å². The number of aromatic nitrogens is 1. The van der Waals surface area contributed by atoms with Gasteiger partial charge in [0.15, 0.2) is 0 Å². The number of fused-ring (bicyclic) bond motifs is 10. The first-order chi connectivity index (χ1) is 8.93. The van der Waals surface area contributed by atoms with E-state index >= 15 is 0 Å². The van der Waals surface area contributed by atoms with E-state index in [9.17, 15) is 0 Å². The Kier molecular flexibility index (Phi) is 1.52. The first kappa shape index (κ1) is 9.21. The van der Waals surface area contributed by atoms with E-state index in [2.05, 4.69) is 59.3 Å². The van der Waals surface area contributed by atoms with Gasteiger partial charge >= 0.3 is 0 Å². The minimum atomic E-state index is 0.713. The zero-order valence-electron chi connectivity index (χ0n) is 10.2. The number of nitrogens with zero attached hydrogens (tertiary/aromatic N) is 1. The molecule has 2 bridgehead atoms. The van der Waals surface area contributed by atoms with Crippen LogP contribution < -0.4 is 0 Å². The molecule has 88 valence electrons. The molecular weight excluding hydrogens is 218 g/mol. The Morgan fingerprint density at radius 2 is 1.72 bits per heavy atom. The third-order valence-electron chi connectivity index (χ3n) is 5.14. The van der Waals surface area contributed by atoms with Crippen molar-refractivity contribution >= 4 is 0 Å². The number of benzene rings is 1. The number of hydrogen-bond acceptors (Lipinski definition) is 0. The van der Waals surface area contributed by atoms with Crippen LogP contribution in [0, 0.1) is 11.8 Å². The summed E-state index contributed by atoms with van der Waals surface area (Å²) in [6.07, 6.45) is 8.49. The predicted molar refractivity (Wildman–Crippen MR) is 72.0 cm³/mol. The van der Waals surface area contributed by atoms with Crippen LogP contribution in [0.3, 0.4) is 0 Å². The monoisotopic (exact) mass is 233 g/mol. The van der Waals surface area contributed by atoms with Crippen LogP contribution in [0.15, 0.2) is 54.7 Å². The van der Waals surface area contributed by atoms with E-state index in [4.69, 9.17) is 0 Å². The molecular formula is C17H15N. The van der Waals surface area contributed by atoms with Crippen molar-refractivity contribution in [2.75, 3.05) is 0 Å². The summed E-state index contributed by atoms with van der Waals surface area (Å²) in [5.74, 6) is 2.97. The van der Waals surface area contributed by atoms with Gasteiger partial charge in [0.2, 0.25) is 0 Å². The normalized spacial score (nSPS) is 34.2. The molecule has 5 rings (SSSR count). The SMILES string of the molecule is C1=CC2CC1C1c3ccccc3-n3cccc3C21. The van der Waals surface area contributed by atoms with Gasteiger partial charge in [-0.15, -0.1) is 0 Å². The molecule has 3 aliphatic rings. The highest BCUT2D eigenvalue weighted by molar-refractivity contribution is 5.53. The van der Waals surface area contributed by atoms with Gasteiger partial charge < -0.3 is 4.57 Å². The maximum absolute atomic E-state index is 2.46. The van der Waals surface area contributed by atoms with Gasteiger partial charge in [-0.3, -0.25) is 0 Å². The minimum absolute atomic E-state index is 0.713. The lowest BCUT2D eigenvalue weighted by atomic mass is 9.74.